The van der Waals surface area contributed by atoms with Crippen LogP contribution in [0.5, 0.6) is 0 Å². The number of carbonyl (C=O) groups is 1. The summed E-state index contributed by atoms with van der Waals surface area (Å²) in [5.74, 6) is 4.65. The van der Waals surface area contributed by atoms with E-state index in [2.05, 4.69) is 37.0 Å². The molecule has 0 saturated carbocycles. The predicted molar refractivity (Wildman–Crippen MR) is 101 cm³/mol. The van der Waals surface area contributed by atoms with Crippen LogP contribution in [0.2, 0.25) is 0 Å². The molecule has 1 aromatic carbocycles. The minimum atomic E-state index is -1.07. The molecule has 3 heterocycles. The summed E-state index contributed by atoms with van der Waals surface area (Å²) in [7, 11) is 0. The van der Waals surface area contributed by atoms with Crippen LogP contribution in [-0.2, 0) is 13.1 Å². The Morgan fingerprint density at radius 2 is 2.03 bits per heavy atom. The molecule has 0 radical (unpaired) electrons. The van der Waals surface area contributed by atoms with Crippen molar-refractivity contribution in [3.05, 3.63) is 76.5 Å². The van der Waals surface area contributed by atoms with Crippen LogP contribution in [0.25, 0.3) is 11.0 Å². The molecule has 4 rings (SSSR count). The summed E-state index contributed by atoms with van der Waals surface area (Å²) in [6, 6.07) is 6.45. The number of carboxylic acid groups (broad SMARTS) is 1. The van der Waals surface area contributed by atoms with E-state index in [0.29, 0.717) is 23.3 Å². The average Bonchev–Trinajstić information content (AvgIpc) is 3.24. The van der Waals surface area contributed by atoms with Gasteiger partial charge in [0, 0.05) is 0 Å². The normalized spacial score (nSPS) is 10.5. The Kier molecular flexibility index (Phi) is 4.77. The van der Waals surface area contributed by atoms with Gasteiger partial charge in [-0.25, -0.2) is 29.1 Å². The molecule has 0 aliphatic rings. The molecule has 0 aliphatic heterocycles. The summed E-state index contributed by atoms with van der Waals surface area (Å²) in [6.45, 7) is 0.327. The Morgan fingerprint density at radius 3 is 2.83 bits per heavy atom. The van der Waals surface area contributed by atoms with Gasteiger partial charge in [0.05, 0.1) is 24.5 Å². The molecule has 0 spiro atoms. The molecule has 10 heteroatoms. The molecule has 29 heavy (non-hydrogen) atoms. The van der Waals surface area contributed by atoms with E-state index in [9.17, 15) is 14.7 Å². The third-order valence-corrected chi connectivity index (χ3v) is 4.05. The fourth-order valence-corrected chi connectivity index (χ4v) is 2.68. The molecule has 0 bridgehead atoms. The van der Waals surface area contributed by atoms with Gasteiger partial charge in [-0.3, -0.25) is 4.79 Å². The minimum absolute atomic E-state index is 0.00112. The Labute approximate surface area is 163 Å². The van der Waals surface area contributed by atoms with Gasteiger partial charge in [0.25, 0.3) is 5.56 Å². The van der Waals surface area contributed by atoms with Crippen molar-refractivity contribution in [3.8, 4) is 11.8 Å². The molecular weight excluding hydrogens is 374 g/mol. The van der Waals surface area contributed by atoms with Gasteiger partial charge in [-0.2, -0.15) is 10.2 Å². The van der Waals surface area contributed by atoms with E-state index in [-0.39, 0.29) is 17.6 Å². The SMILES string of the molecule is O=C(O)c1ccccc1Cn1ncc2ncc(C#CCn3cncn3)nc2c1=O. The van der Waals surface area contributed by atoms with Gasteiger partial charge < -0.3 is 5.11 Å². The van der Waals surface area contributed by atoms with Crippen molar-refractivity contribution < 1.29 is 9.90 Å². The lowest BCUT2D eigenvalue weighted by atomic mass is 10.1. The molecule has 10 nitrogen and oxygen atoms in total. The van der Waals surface area contributed by atoms with Gasteiger partial charge in [0.15, 0.2) is 5.52 Å². The smallest absolute Gasteiger partial charge is 0.336 e. The highest BCUT2D eigenvalue weighted by atomic mass is 16.4. The number of benzene rings is 1. The van der Waals surface area contributed by atoms with E-state index < -0.39 is 11.5 Å². The zero-order valence-electron chi connectivity index (χ0n) is 14.9. The molecule has 0 unspecified atom stereocenters. The van der Waals surface area contributed by atoms with Crippen LogP contribution in [0.1, 0.15) is 21.6 Å². The topological polar surface area (TPSA) is 129 Å². The Balaban J connectivity index is 1.67. The number of carboxylic acids is 1. The van der Waals surface area contributed by atoms with Crippen LogP contribution in [0, 0.1) is 11.8 Å². The van der Waals surface area contributed by atoms with Gasteiger partial charge in [-0.15, -0.1) is 0 Å². The highest BCUT2D eigenvalue weighted by Gasteiger charge is 2.13. The molecule has 0 saturated heterocycles. The summed E-state index contributed by atoms with van der Waals surface area (Å²) in [6.07, 6.45) is 5.83. The van der Waals surface area contributed by atoms with E-state index in [4.69, 9.17) is 0 Å². The molecule has 0 amide bonds. The molecular formula is C19H13N7O3. The van der Waals surface area contributed by atoms with Crippen LogP contribution in [0.3, 0.4) is 0 Å². The maximum Gasteiger partial charge on any atom is 0.336 e. The molecule has 3 aromatic heterocycles. The van der Waals surface area contributed by atoms with Gasteiger partial charge in [0.2, 0.25) is 0 Å². The fourth-order valence-electron chi connectivity index (χ4n) is 2.68. The highest BCUT2D eigenvalue weighted by molar-refractivity contribution is 5.89. The monoisotopic (exact) mass is 387 g/mol. The molecule has 4 aromatic rings. The van der Waals surface area contributed by atoms with Crippen LogP contribution >= 0.6 is 0 Å². The third kappa shape index (κ3) is 3.84. The van der Waals surface area contributed by atoms with E-state index >= 15 is 0 Å². The lowest BCUT2D eigenvalue weighted by Crippen LogP contribution is -2.25. The van der Waals surface area contributed by atoms with Gasteiger partial charge >= 0.3 is 5.97 Å². The zero-order valence-corrected chi connectivity index (χ0v) is 14.9. The number of hydrogen-bond donors (Lipinski definition) is 1. The highest BCUT2D eigenvalue weighted by Crippen LogP contribution is 2.10. The number of hydrogen-bond acceptors (Lipinski definition) is 7. The number of rotatable bonds is 4. The number of nitrogens with zero attached hydrogens (tertiary/aromatic N) is 7. The van der Waals surface area contributed by atoms with E-state index in [0.717, 1.165) is 4.68 Å². The first-order chi connectivity index (χ1) is 14.1. The molecule has 0 fully saturated rings. The van der Waals surface area contributed by atoms with Crippen molar-refractivity contribution in [3.63, 3.8) is 0 Å². The summed E-state index contributed by atoms with van der Waals surface area (Å²) in [5, 5.41) is 17.3. The van der Waals surface area contributed by atoms with Gasteiger partial charge in [-0.05, 0) is 17.6 Å². The summed E-state index contributed by atoms with van der Waals surface area (Å²) in [4.78, 5) is 36.5. The van der Waals surface area contributed by atoms with Crippen LogP contribution in [-0.4, -0.2) is 45.6 Å². The maximum absolute atomic E-state index is 12.8. The molecule has 1 N–H and O–H groups in total. The van der Waals surface area contributed by atoms with Gasteiger partial charge in [-0.1, -0.05) is 24.1 Å². The summed E-state index contributed by atoms with van der Waals surface area (Å²) < 4.78 is 2.71. The van der Waals surface area contributed by atoms with E-state index in [1.165, 1.54) is 24.8 Å². The Morgan fingerprint density at radius 1 is 1.17 bits per heavy atom. The van der Waals surface area contributed by atoms with Crippen molar-refractivity contribution >= 4 is 17.0 Å². The van der Waals surface area contributed by atoms with Crippen molar-refractivity contribution in [1.29, 1.82) is 0 Å². The van der Waals surface area contributed by atoms with E-state index in [1.807, 2.05) is 0 Å². The van der Waals surface area contributed by atoms with Crippen molar-refractivity contribution in [2.24, 2.45) is 0 Å². The first kappa shape index (κ1) is 18.0. The van der Waals surface area contributed by atoms with Crippen LogP contribution < -0.4 is 5.56 Å². The van der Waals surface area contributed by atoms with Crippen molar-refractivity contribution in [2.45, 2.75) is 13.1 Å². The van der Waals surface area contributed by atoms with Crippen molar-refractivity contribution in [1.82, 2.24) is 34.5 Å². The van der Waals surface area contributed by atoms with Crippen LogP contribution in [0.4, 0.5) is 0 Å². The second-order valence-corrected chi connectivity index (χ2v) is 5.95. The maximum atomic E-state index is 12.8. The standard InChI is InChI=1S/C19H13N7O3/c27-18-17-16(21-8-14(24-17)5-3-7-25-12-20-11-23-25)9-22-26(18)10-13-4-1-2-6-15(13)19(28)29/h1-2,4,6,8-9,11-12H,7,10H2,(H,28,29). The minimum Gasteiger partial charge on any atom is -0.478 e. The summed E-state index contributed by atoms with van der Waals surface area (Å²) >= 11 is 0. The van der Waals surface area contributed by atoms with Crippen LogP contribution in [0.15, 0.2) is 54.1 Å². The second kappa shape index (κ2) is 7.69. The first-order valence-corrected chi connectivity index (χ1v) is 8.47. The van der Waals surface area contributed by atoms with Crippen molar-refractivity contribution in [2.75, 3.05) is 0 Å². The molecule has 0 atom stereocenters. The van der Waals surface area contributed by atoms with Gasteiger partial charge in [0.1, 0.15) is 30.4 Å². The predicted octanol–water partition coefficient (Wildman–Crippen LogP) is 0.576. The molecule has 0 aliphatic carbocycles. The second-order valence-electron chi connectivity index (χ2n) is 5.95. The summed E-state index contributed by atoms with van der Waals surface area (Å²) in [5.41, 5.74) is 0.874. The number of fused-ring (bicyclic) bond motifs is 1. The lowest BCUT2D eigenvalue weighted by molar-refractivity contribution is 0.0695. The zero-order chi connectivity index (χ0) is 20.2. The number of aromatic nitrogens is 7. The quantitative estimate of drug-likeness (QED) is 0.504. The molecule has 142 valence electrons. The van der Waals surface area contributed by atoms with E-state index in [1.54, 1.807) is 29.2 Å². The third-order valence-electron chi connectivity index (χ3n) is 4.05. The lowest BCUT2D eigenvalue weighted by Gasteiger charge is -2.08. The Bertz CT molecular complexity index is 1320. The first-order valence-electron chi connectivity index (χ1n) is 8.47. The fraction of sp³-hybridized carbons (Fsp3) is 0.105. The Hall–Kier alpha value is -4.39. The largest absolute Gasteiger partial charge is 0.478 e. The number of aromatic carboxylic acids is 1. The average molecular weight is 387 g/mol.